The van der Waals surface area contributed by atoms with Gasteiger partial charge in [0.25, 0.3) is 0 Å². The van der Waals surface area contributed by atoms with Gasteiger partial charge in [0.1, 0.15) is 4.73 Å². The van der Waals surface area contributed by atoms with Crippen LogP contribution in [0.3, 0.4) is 0 Å². The highest BCUT2D eigenvalue weighted by Crippen LogP contribution is 2.50. The molecule has 1 rings (SSSR count). The van der Waals surface area contributed by atoms with Crippen molar-refractivity contribution in [1.82, 2.24) is 4.90 Å². The molecule has 0 saturated carbocycles. The number of carbonyl (C=O) groups excluding carboxylic acids is 1. The zero-order valence-corrected chi connectivity index (χ0v) is 12.4. The number of rotatable bonds is 3. The number of nitrogens with zero attached hydrogens (tertiary/aromatic N) is 1. The first-order chi connectivity index (χ1) is 7.88. The van der Waals surface area contributed by atoms with E-state index in [0.717, 1.165) is 11.1 Å². The zero-order valence-electron chi connectivity index (χ0n) is 10.7. The van der Waals surface area contributed by atoms with E-state index in [9.17, 15) is 4.79 Å². The molecule has 0 aromatic heterocycles. The first-order valence-corrected chi connectivity index (χ1v) is 7.20. The summed E-state index contributed by atoms with van der Waals surface area (Å²) >= 11 is 5.45. The average molecular weight is 267 g/mol. The molecule has 1 amide bonds. The summed E-state index contributed by atoms with van der Waals surface area (Å²) in [4.78, 5) is 12.4. The standard InChI is InChI=1S/C13H18NOPS/c1-13(2,3)16(12(17)14(4)10-15)11-8-6-5-7-9-11/h5-10H,1-4H3. The van der Waals surface area contributed by atoms with Gasteiger partial charge in [-0.1, -0.05) is 63.3 Å². The number of hydrogen-bond donors (Lipinski definition) is 0. The highest BCUT2D eigenvalue weighted by Gasteiger charge is 2.31. The van der Waals surface area contributed by atoms with Crippen molar-refractivity contribution in [3.8, 4) is 0 Å². The molecule has 0 spiro atoms. The van der Waals surface area contributed by atoms with E-state index in [1.165, 1.54) is 10.2 Å². The maximum Gasteiger partial charge on any atom is 0.214 e. The van der Waals surface area contributed by atoms with Crippen LogP contribution in [0.4, 0.5) is 0 Å². The van der Waals surface area contributed by atoms with Gasteiger partial charge in [-0.3, -0.25) is 4.79 Å². The second-order valence-electron chi connectivity index (χ2n) is 4.84. The minimum atomic E-state index is -0.677. The van der Waals surface area contributed by atoms with E-state index < -0.39 is 7.92 Å². The molecule has 1 atom stereocenters. The Bertz CT molecular complexity index is 400. The number of amides is 1. The Morgan fingerprint density at radius 1 is 1.29 bits per heavy atom. The van der Waals surface area contributed by atoms with Gasteiger partial charge in [-0.2, -0.15) is 0 Å². The summed E-state index contributed by atoms with van der Waals surface area (Å²) < 4.78 is 0.730. The van der Waals surface area contributed by atoms with Gasteiger partial charge < -0.3 is 4.90 Å². The maximum atomic E-state index is 10.9. The summed E-state index contributed by atoms with van der Waals surface area (Å²) in [5.41, 5.74) is 0. The van der Waals surface area contributed by atoms with Crippen molar-refractivity contribution in [2.45, 2.75) is 25.9 Å². The van der Waals surface area contributed by atoms with E-state index in [2.05, 4.69) is 32.9 Å². The Labute approximate surface area is 110 Å². The summed E-state index contributed by atoms with van der Waals surface area (Å²) in [5.74, 6) is 0. The first kappa shape index (κ1) is 14.3. The van der Waals surface area contributed by atoms with Gasteiger partial charge in [-0.25, -0.2) is 0 Å². The number of thiocarbonyl (C=S) groups is 1. The van der Waals surface area contributed by atoms with E-state index in [-0.39, 0.29) is 5.16 Å². The van der Waals surface area contributed by atoms with Crippen molar-refractivity contribution in [2.24, 2.45) is 0 Å². The Hall–Kier alpha value is -0.790. The molecule has 1 aromatic carbocycles. The lowest BCUT2D eigenvalue weighted by molar-refractivity contribution is -0.113. The Balaban J connectivity index is 3.15. The number of hydrogen-bond acceptors (Lipinski definition) is 2. The molecule has 17 heavy (non-hydrogen) atoms. The lowest BCUT2D eigenvalue weighted by Crippen LogP contribution is -2.32. The number of benzene rings is 1. The topological polar surface area (TPSA) is 20.3 Å². The third kappa shape index (κ3) is 3.58. The summed E-state index contributed by atoms with van der Waals surface area (Å²) in [5, 5.41) is 1.26. The van der Waals surface area contributed by atoms with Gasteiger partial charge in [0.05, 0.1) is 0 Å². The van der Waals surface area contributed by atoms with Crippen LogP contribution in [0.1, 0.15) is 20.8 Å². The molecule has 0 heterocycles. The van der Waals surface area contributed by atoms with E-state index >= 15 is 0 Å². The van der Waals surface area contributed by atoms with Gasteiger partial charge in [0, 0.05) is 7.05 Å². The fourth-order valence-electron chi connectivity index (χ4n) is 1.56. The SMILES string of the molecule is CN(C=O)C(=S)P(c1ccccc1)C(C)(C)C. The summed E-state index contributed by atoms with van der Waals surface area (Å²) in [6.45, 7) is 6.49. The van der Waals surface area contributed by atoms with Crippen LogP contribution in [0.2, 0.25) is 0 Å². The molecule has 1 aromatic rings. The van der Waals surface area contributed by atoms with Crippen LogP contribution in [0.5, 0.6) is 0 Å². The van der Waals surface area contributed by atoms with Crippen LogP contribution in [-0.4, -0.2) is 28.2 Å². The molecule has 0 aliphatic heterocycles. The highest BCUT2D eigenvalue weighted by molar-refractivity contribution is 8.01. The second kappa shape index (κ2) is 5.70. The number of carbonyl (C=O) groups is 1. The fourth-order valence-corrected chi connectivity index (χ4v) is 5.15. The lowest BCUT2D eigenvalue weighted by Gasteiger charge is -2.34. The molecular weight excluding hydrogens is 249 g/mol. The molecule has 0 aliphatic rings. The summed E-state index contributed by atoms with van der Waals surface area (Å²) in [7, 11) is 1.04. The predicted octanol–water partition coefficient (Wildman–Crippen LogP) is 2.97. The zero-order chi connectivity index (χ0) is 13.1. The van der Waals surface area contributed by atoms with Crippen LogP contribution in [0.15, 0.2) is 30.3 Å². The second-order valence-corrected chi connectivity index (χ2v) is 8.48. The van der Waals surface area contributed by atoms with E-state index in [4.69, 9.17) is 12.2 Å². The third-order valence-electron chi connectivity index (χ3n) is 2.34. The monoisotopic (exact) mass is 267 g/mol. The third-order valence-corrected chi connectivity index (χ3v) is 6.03. The minimum absolute atomic E-state index is 0.0467. The van der Waals surface area contributed by atoms with Crippen LogP contribution >= 0.6 is 20.1 Å². The molecule has 0 N–H and O–H groups in total. The molecule has 0 radical (unpaired) electrons. The van der Waals surface area contributed by atoms with E-state index in [1.807, 2.05) is 18.2 Å². The fraction of sp³-hybridized carbons (Fsp3) is 0.385. The quantitative estimate of drug-likeness (QED) is 0.477. The van der Waals surface area contributed by atoms with Gasteiger partial charge in [-0.15, -0.1) is 0 Å². The van der Waals surface area contributed by atoms with Gasteiger partial charge in [-0.05, 0) is 18.4 Å². The first-order valence-electron chi connectivity index (χ1n) is 5.45. The van der Waals surface area contributed by atoms with E-state index in [1.54, 1.807) is 7.05 Å². The predicted molar refractivity (Wildman–Crippen MR) is 79.2 cm³/mol. The lowest BCUT2D eigenvalue weighted by atomic mass is 10.3. The van der Waals surface area contributed by atoms with Crippen molar-refractivity contribution in [3.63, 3.8) is 0 Å². The van der Waals surface area contributed by atoms with Crippen LogP contribution in [0, 0.1) is 0 Å². The summed E-state index contributed by atoms with van der Waals surface area (Å²) in [6, 6.07) is 10.2. The molecule has 92 valence electrons. The van der Waals surface area contributed by atoms with E-state index in [0.29, 0.717) is 0 Å². The molecule has 0 saturated heterocycles. The van der Waals surface area contributed by atoms with Crippen LogP contribution in [0.25, 0.3) is 0 Å². The molecular formula is C13H18NOPS. The van der Waals surface area contributed by atoms with Crippen molar-refractivity contribution in [2.75, 3.05) is 7.05 Å². The molecule has 0 bridgehead atoms. The van der Waals surface area contributed by atoms with Crippen molar-refractivity contribution >= 4 is 36.6 Å². The van der Waals surface area contributed by atoms with Crippen molar-refractivity contribution in [3.05, 3.63) is 30.3 Å². The minimum Gasteiger partial charge on any atom is -0.308 e. The average Bonchev–Trinajstić information content (AvgIpc) is 2.27. The van der Waals surface area contributed by atoms with Crippen molar-refractivity contribution < 1.29 is 4.79 Å². The Kier molecular flexibility index (Phi) is 4.79. The molecule has 0 fully saturated rings. The van der Waals surface area contributed by atoms with Crippen molar-refractivity contribution in [1.29, 1.82) is 0 Å². The van der Waals surface area contributed by atoms with Gasteiger partial charge in [0.15, 0.2) is 0 Å². The van der Waals surface area contributed by atoms with Gasteiger partial charge >= 0.3 is 0 Å². The van der Waals surface area contributed by atoms with Crippen LogP contribution in [-0.2, 0) is 4.79 Å². The molecule has 2 nitrogen and oxygen atoms in total. The highest BCUT2D eigenvalue weighted by atomic mass is 32.1. The molecule has 4 heteroatoms. The molecule has 0 aliphatic carbocycles. The Morgan fingerprint density at radius 2 is 1.82 bits per heavy atom. The van der Waals surface area contributed by atoms with Gasteiger partial charge in [0.2, 0.25) is 6.41 Å². The Morgan fingerprint density at radius 3 is 2.24 bits per heavy atom. The van der Waals surface area contributed by atoms with Crippen LogP contribution < -0.4 is 5.30 Å². The summed E-state index contributed by atoms with van der Waals surface area (Å²) in [6.07, 6.45) is 0.784. The maximum absolute atomic E-state index is 10.9. The largest absolute Gasteiger partial charge is 0.308 e. The normalized spacial score (nSPS) is 12.9. The smallest absolute Gasteiger partial charge is 0.214 e. The molecule has 1 unspecified atom stereocenters.